The fraction of sp³-hybridized carbons (Fsp3) is 0.381. The molecule has 1 amide bonds. The molecule has 10 heteroatoms. The second-order valence-corrected chi connectivity index (χ2v) is 7.34. The molecule has 1 atom stereocenters. The van der Waals surface area contributed by atoms with Crippen molar-refractivity contribution in [1.29, 1.82) is 0 Å². The minimum absolute atomic E-state index is 0.0265. The summed E-state index contributed by atoms with van der Waals surface area (Å²) in [4.78, 5) is 28.2. The Balaban J connectivity index is 1.63. The number of hydrogen-bond acceptors (Lipinski definition) is 9. The number of amides is 1. The molecular weight excluding hydrogens is 398 g/mol. The van der Waals surface area contributed by atoms with E-state index in [-0.39, 0.29) is 29.4 Å². The Morgan fingerprint density at radius 1 is 1.13 bits per heavy atom. The lowest BCUT2D eigenvalue weighted by Crippen LogP contribution is -2.35. The first-order chi connectivity index (χ1) is 15.0. The Hall–Kier alpha value is -3.37. The minimum Gasteiger partial charge on any atom is -0.424 e. The van der Waals surface area contributed by atoms with Crippen molar-refractivity contribution in [3.8, 4) is 5.75 Å². The van der Waals surface area contributed by atoms with E-state index in [1.807, 2.05) is 0 Å². The van der Waals surface area contributed by atoms with E-state index in [2.05, 4.69) is 20.5 Å². The lowest BCUT2D eigenvalue weighted by molar-refractivity contribution is -0.135. The normalized spacial score (nSPS) is 14.4. The van der Waals surface area contributed by atoms with Gasteiger partial charge in [0.05, 0.1) is 12.0 Å². The van der Waals surface area contributed by atoms with Crippen LogP contribution in [-0.2, 0) is 9.59 Å². The zero-order chi connectivity index (χ0) is 22.2. The number of nitrogens with two attached hydrogens (primary N) is 3. The third kappa shape index (κ3) is 6.56. The minimum atomic E-state index is -0.649. The molecule has 10 nitrogen and oxygen atoms in total. The van der Waals surface area contributed by atoms with E-state index < -0.39 is 6.04 Å². The van der Waals surface area contributed by atoms with Crippen LogP contribution in [0.15, 0.2) is 46.6 Å². The van der Waals surface area contributed by atoms with Crippen LogP contribution in [0.3, 0.4) is 0 Å². The van der Waals surface area contributed by atoms with Crippen molar-refractivity contribution < 1.29 is 14.3 Å². The number of nitrogens with zero attached hydrogens (tertiary/aromatic N) is 3. The zero-order valence-electron chi connectivity index (χ0n) is 17.2. The molecule has 164 valence electrons. The molecule has 1 saturated carbocycles. The summed E-state index contributed by atoms with van der Waals surface area (Å²) in [6, 6.07) is 9.36. The maximum absolute atomic E-state index is 12.2. The maximum atomic E-state index is 12.2. The molecule has 1 aliphatic carbocycles. The Labute approximate surface area is 180 Å². The Morgan fingerprint density at radius 3 is 2.58 bits per heavy atom. The molecule has 1 aliphatic rings. The summed E-state index contributed by atoms with van der Waals surface area (Å²) < 4.78 is 5.40. The van der Waals surface area contributed by atoms with E-state index in [9.17, 15) is 9.59 Å². The third-order valence-corrected chi connectivity index (χ3v) is 4.71. The van der Waals surface area contributed by atoms with Crippen LogP contribution >= 0.6 is 0 Å². The smallest absolute Gasteiger partial charge is 0.314 e. The van der Waals surface area contributed by atoms with E-state index in [0.717, 1.165) is 25.7 Å². The van der Waals surface area contributed by atoms with Gasteiger partial charge in [0, 0.05) is 0 Å². The van der Waals surface area contributed by atoms with Gasteiger partial charge in [-0.3, -0.25) is 9.59 Å². The average molecular weight is 425 g/mol. The number of hydrogen-bond donors (Lipinski definition) is 4. The highest BCUT2D eigenvalue weighted by Crippen LogP contribution is 2.34. The van der Waals surface area contributed by atoms with E-state index >= 15 is 0 Å². The number of benzene rings is 1. The SMILES string of the molecule is NCCCC[C@H](N)C(=O)Nc1ccc(N=Nc2ccccc2OC(=O)C2CC2)c(N)n1. The number of pyridine rings is 1. The fourth-order valence-electron chi connectivity index (χ4n) is 2.72. The van der Waals surface area contributed by atoms with Crippen molar-refractivity contribution in [2.45, 2.75) is 38.1 Å². The molecule has 3 rings (SSSR count). The molecule has 0 radical (unpaired) electrons. The van der Waals surface area contributed by atoms with Gasteiger partial charge in [-0.1, -0.05) is 18.6 Å². The third-order valence-electron chi connectivity index (χ3n) is 4.71. The molecule has 1 aromatic carbocycles. The molecule has 31 heavy (non-hydrogen) atoms. The average Bonchev–Trinajstić information content (AvgIpc) is 3.60. The van der Waals surface area contributed by atoms with Crippen LogP contribution in [0.5, 0.6) is 5.75 Å². The lowest BCUT2D eigenvalue weighted by Gasteiger charge is -2.12. The summed E-state index contributed by atoms with van der Waals surface area (Å²) in [5, 5.41) is 10.9. The second kappa shape index (κ2) is 10.6. The Bertz CT molecular complexity index is 960. The van der Waals surface area contributed by atoms with Gasteiger partial charge >= 0.3 is 5.97 Å². The van der Waals surface area contributed by atoms with Crippen molar-refractivity contribution in [3.05, 3.63) is 36.4 Å². The number of carbonyl (C=O) groups is 2. The first kappa shape index (κ1) is 22.3. The van der Waals surface area contributed by atoms with Gasteiger partial charge in [-0.2, -0.15) is 0 Å². The van der Waals surface area contributed by atoms with Crippen molar-refractivity contribution >= 4 is 34.9 Å². The highest BCUT2D eigenvalue weighted by atomic mass is 16.5. The topological polar surface area (TPSA) is 171 Å². The number of azo groups is 1. The van der Waals surface area contributed by atoms with Crippen LogP contribution < -0.4 is 27.3 Å². The van der Waals surface area contributed by atoms with Crippen molar-refractivity contribution in [3.63, 3.8) is 0 Å². The van der Waals surface area contributed by atoms with E-state index in [1.54, 1.807) is 36.4 Å². The number of nitrogen functional groups attached to an aromatic ring is 1. The molecule has 7 N–H and O–H groups in total. The number of carbonyl (C=O) groups excluding carboxylic acids is 2. The molecule has 0 unspecified atom stereocenters. The van der Waals surface area contributed by atoms with Crippen LogP contribution in [0.2, 0.25) is 0 Å². The predicted octanol–water partition coefficient (Wildman–Crippen LogP) is 2.79. The number of rotatable bonds is 10. The summed E-state index contributed by atoms with van der Waals surface area (Å²) in [5.74, 6) is 0.0682. The summed E-state index contributed by atoms with van der Waals surface area (Å²) >= 11 is 0. The van der Waals surface area contributed by atoms with Crippen molar-refractivity contribution in [2.24, 2.45) is 27.6 Å². The molecule has 0 saturated heterocycles. The molecule has 0 spiro atoms. The fourth-order valence-corrected chi connectivity index (χ4v) is 2.72. The molecule has 2 aromatic rings. The quantitative estimate of drug-likeness (QED) is 0.196. The van der Waals surface area contributed by atoms with Gasteiger partial charge in [-0.05, 0) is 56.5 Å². The van der Waals surface area contributed by atoms with Crippen molar-refractivity contribution in [2.75, 3.05) is 17.6 Å². The van der Waals surface area contributed by atoms with Crippen LogP contribution in [0.1, 0.15) is 32.1 Å². The molecular formula is C21H27N7O3. The van der Waals surface area contributed by atoms with Crippen LogP contribution in [0, 0.1) is 5.92 Å². The van der Waals surface area contributed by atoms with Crippen LogP contribution in [0.4, 0.5) is 23.0 Å². The standard InChI is InChI=1S/C21H27N7O3/c22-12-4-3-5-14(23)20(29)26-18-11-10-16(19(24)25-18)28-27-15-6-1-2-7-17(15)31-21(30)13-8-9-13/h1-2,6-7,10-11,13-14H,3-5,8-9,12,22-23H2,(H3,24,25,26,29)/t14-/m0/s1. The predicted molar refractivity (Wildman–Crippen MR) is 117 cm³/mol. The van der Waals surface area contributed by atoms with E-state index in [0.29, 0.717) is 30.1 Å². The molecule has 1 heterocycles. The second-order valence-electron chi connectivity index (χ2n) is 7.34. The van der Waals surface area contributed by atoms with Gasteiger partial charge < -0.3 is 27.3 Å². The lowest BCUT2D eigenvalue weighted by atomic mass is 10.1. The monoisotopic (exact) mass is 425 g/mol. The first-order valence-electron chi connectivity index (χ1n) is 10.2. The van der Waals surface area contributed by atoms with Crippen LogP contribution in [0.25, 0.3) is 0 Å². The number of aromatic nitrogens is 1. The number of unbranched alkanes of at least 4 members (excludes halogenated alkanes) is 1. The number of ether oxygens (including phenoxy) is 1. The Kier molecular flexibility index (Phi) is 7.63. The summed E-state index contributed by atoms with van der Waals surface area (Å²) in [6.07, 6.45) is 3.83. The van der Waals surface area contributed by atoms with Crippen molar-refractivity contribution in [1.82, 2.24) is 4.98 Å². The number of para-hydroxylation sites is 1. The zero-order valence-corrected chi connectivity index (χ0v) is 17.2. The highest BCUT2D eigenvalue weighted by Gasteiger charge is 2.32. The largest absolute Gasteiger partial charge is 0.424 e. The van der Waals surface area contributed by atoms with Gasteiger partial charge in [-0.25, -0.2) is 4.98 Å². The van der Waals surface area contributed by atoms with Gasteiger partial charge in [-0.15, -0.1) is 10.2 Å². The molecule has 1 fully saturated rings. The van der Waals surface area contributed by atoms with Gasteiger partial charge in [0.2, 0.25) is 5.91 Å². The van der Waals surface area contributed by atoms with Crippen LogP contribution in [-0.4, -0.2) is 29.4 Å². The van der Waals surface area contributed by atoms with E-state index in [4.69, 9.17) is 21.9 Å². The molecule has 0 bridgehead atoms. The number of nitrogens with one attached hydrogen (secondary N) is 1. The van der Waals surface area contributed by atoms with E-state index in [1.165, 1.54) is 0 Å². The summed E-state index contributed by atoms with van der Waals surface area (Å²) in [5.41, 5.74) is 18.0. The first-order valence-corrected chi connectivity index (χ1v) is 10.2. The van der Waals surface area contributed by atoms with Gasteiger partial charge in [0.1, 0.15) is 17.2 Å². The number of esters is 1. The number of anilines is 2. The summed E-state index contributed by atoms with van der Waals surface area (Å²) in [6.45, 7) is 0.565. The highest BCUT2D eigenvalue weighted by molar-refractivity contribution is 5.94. The maximum Gasteiger partial charge on any atom is 0.314 e. The Morgan fingerprint density at radius 2 is 1.87 bits per heavy atom. The molecule has 0 aliphatic heterocycles. The van der Waals surface area contributed by atoms with Gasteiger partial charge in [0.15, 0.2) is 11.6 Å². The van der Waals surface area contributed by atoms with Gasteiger partial charge in [0.25, 0.3) is 0 Å². The molecule has 1 aromatic heterocycles. The summed E-state index contributed by atoms with van der Waals surface area (Å²) in [7, 11) is 0.